The summed E-state index contributed by atoms with van der Waals surface area (Å²) in [5.41, 5.74) is 2.59. The van der Waals surface area contributed by atoms with Crippen molar-refractivity contribution >= 4 is 33.1 Å². The molecule has 1 aromatic carbocycles. The monoisotopic (exact) mass is 436 g/mol. The van der Waals surface area contributed by atoms with Crippen LogP contribution < -0.4 is 15.2 Å². The summed E-state index contributed by atoms with van der Waals surface area (Å²) >= 11 is 1.54. The maximum Gasteiger partial charge on any atom is 0.290 e. The van der Waals surface area contributed by atoms with Crippen molar-refractivity contribution in [3.63, 3.8) is 0 Å². The first-order valence-corrected chi connectivity index (χ1v) is 11.0. The maximum absolute atomic E-state index is 12.6. The van der Waals surface area contributed by atoms with E-state index in [0.29, 0.717) is 30.0 Å². The summed E-state index contributed by atoms with van der Waals surface area (Å²) in [5.74, 6) is 1.22. The highest BCUT2D eigenvalue weighted by Gasteiger charge is 2.42. The molecule has 1 aliphatic carbocycles. The molecule has 2 atom stereocenters. The Morgan fingerprint density at radius 3 is 2.81 bits per heavy atom. The number of para-hydroxylation sites is 1. The highest BCUT2D eigenvalue weighted by Crippen LogP contribution is 2.49. The van der Waals surface area contributed by atoms with Crippen molar-refractivity contribution in [2.24, 2.45) is 20.0 Å². The standard InChI is InChI=1S/C22H24N6O2S/c1-13-11-23-22(31-13)26(2)18-10-19(24-28(4)21(18)29)30-12-14-9-16(14)20-15-7-5-6-8-17(15)27(3)25-20/h5-8,10-11,14,16H,9,12H2,1-4H3/t14-,16+/m0/s1. The summed E-state index contributed by atoms with van der Waals surface area (Å²) in [7, 11) is 5.46. The van der Waals surface area contributed by atoms with Crippen LogP contribution in [-0.4, -0.2) is 38.2 Å². The second kappa shape index (κ2) is 7.49. The first kappa shape index (κ1) is 19.7. The fraction of sp³-hybridized carbons (Fsp3) is 0.364. The van der Waals surface area contributed by atoms with Crippen molar-refractivity contribution in [1.82, 2.24) is 24.5 Å². The van der Waals surface area contributed by atoms with Gasteiger partial charge in [0.15, 0.2) is 5.13 Å². The molecule has 9 heteroatoms. The van der Waals surface area contributed by atoms with Gasteiger partial charge >= 0.3 is 0 Å². The summed E-state index contributed by atoms with van der Waals surface area (Å²) in [5, 5.41) is 11.0. The van der Waals surface area contributed by atoms with Crippen molar-refractivity contribution in [1.29, 1.82) is 0 Å². The van der Waals surface area contributed by atoms with E-state index in [4.69, 9.17) is 9.84 Å². The smallest absolute Gasteiger partial charge is 0.290 e. The van der Waals surface area contributed by atoms with Gasteiger partial charge in [-0.25, -0.2) is 9.67 Å². The first-order chi connectivity index (χ1) is 14.9. The number of aryl methyl sites for hydroxylation is 3. The van der Waals surface area contributed by atoms with Crippen LogP contribution in [0.2, 0.25) is 0 Å². The van der Waals surface area contributed by atoms with Gasteiger partial charge in [-0.05, 0) is 19.4 Å². The molecule has 0 saturated heterocycles. The number of hydrogen-bond donors (Lipinski definition) is 0. The van der Waals surface area contributed by atoms with E-state index in [1.54, 1.807) is 24.2 Å². The Morgan fingerprint density at radius 1 is 1.23 bits per heavy atom. The molecule has 0 spiro atoms. The number of aromatic nitrogens is 5. The van der Waals surface area contributed by atoms with Crippen LogP contribution in [0.25, 0.3) is 10.9 Å². The van der Waals surface area contributed by atoms with Crippen LogP contribution in [0.15, 0.2) is 41.3 Å². The van der Waals surface area contributed by atoms with Gasteiger partial charge in [0.2, 0.25) is 5.88 Å². The lowest BCUT2D eigenvalue weighted by atomic mass is 10.1. The average Bonchev–Trinajstić information content (AvgIpc) is 3.28. The first-order valence-electron chi connectivity index (χ1n) is 10.2. The molecule has 1 aliphatic rings. The number of benzene rings is 1. The van der Waals surface area contributed by atoms with Crippen LogP contribution in [0, 0.1) is 12.8 Å². The SMILES string of the molecule is Cc1cnc(N(C)c2cc(OC[C@@H]3C[C@H]3c3nn(C)c4ccccc34)nn(C)c2=O)s1. The van der Waals surface area contributed by atoms with Crippen LogP contribution in [0.4, 0.5) is 10.8 Å². The van der Waals surface area contributed by atoms with Crippen LogP contribution in [0.1, 0.15) is 22.9 Å². The molecule has 3 aromatic heterocycles. The lowest BCUT2D eigenvalue weighted by Crippen LogP contribution is -2.27. The van der Waals surface area contributed by atoms with Gasteiger partial charge < -0.3 is 9.64 Å². The van der Waals surface area contributed by atoms with Gasteiger partial charge in [-0.15, -0.1) is 16.4 Å². The Kier molecular flexibility index (Phi) is 4.77. The molecule has 3 heterocycles. The van der Waals surface area contributed by atoms with Crippen molar-refractivity contribution < 1.29 is 4.74 Å². The largest absolute Gasteiger partial charge is 0.476 e. The van der Waals surface area contributed by atoms with E-state index in [-0.39, 0.29) is 5.56 Å². The summed E-state index contributed by atoms with van der Waals surface area (Å²) in [4.78, 5) is 19.9. The zero-order valence-electron chi connectivity index (χ0n) is 17.9. The van der Waals surface area contributed by atoms with E-state index in [1.807, 2.05) is 31.8 Å². The molecule has 0 bridgehead atoms. The average molecular weight is 437 g/mol. The fourth-order valence-corrected chi connectivity index (χ4v) is 4.69. The van der Waals surface area contributed by atoms with E-state index in [0.717, 1.165) is 27.6 Å². The molecule has 31 heavy (non-hydrogen) atoms. The van der Waals surface area contributed by atoms with Crippen LogP contribution >= 0.6 is 11.3 Å². The molecule has 0 amide bonds. The molecule has 4 aromatic rings. The Hall–Kier alpha value is -3.20. The van der Waals surface area contributed by atoms with E-state index in [2.05, 4.69) is 28.3 Å². The van der Waals surface area contributed by atoms with Crippen LogP contribution in [0.5, 0.6) is 5.88 Å². The highest BCUT2D eigenvalue weighted by atomic mass is 32.1. The molecular weight excluding hydrogens is 412 g/mol. The minimum absolute atomic E-state index is 0.188. The van der Waals surface area contributed by atoms with Gasteiger partial charge in [-0.1, -0.05) is 18.2 Å². The summed E-state index contributed by atoms with van der Waals surface area (Å²) in [6.07, 6.45) is 2.84. The van der Waals surface area contributed by atoms with Crippen LogP contribution in [-0.2, 0) is 14.1 Å². The van der Waals surface area contributed by atoms with Gasteiger partial charge in [0.05, 0.1) is 17.8 Å². The molecule has 5 rings (SSSR count). The summed E-state index contributed by atoms with van der Waals surface area (Å²) in [6.45, 7) is 2.53. The molecule has 160 valence electrons. The molecule has 0 N–H and O–H groups in total. The summed E-state index contributed by atoms with van der Waals surface area (Å²) < 4.78 is 9.28. The van der Waals surface area contributed by atoms with Crippen molar-refractivity contribution in [3.05, 3.63) is 57.5 Å². The van der Waals surface area contributed by atoms with Gasteiger partial charge in [0, 0.05) is 55.5 Å². The zero-order valence-corrected chi connectivity index (χ0v) is 18.8. The minimum Gasteiger partial charge on any atom is -0.476 e. The van der Waals surface area contributed by atoms with Gasteiger partial charge in [0.1, 0.15) is 5.69 Å². The number of hydrogen-bond acceptors (Lipinski definition) is 7. The third kappa shape index (κ3) is 3.59. The topological polar surface area (TPSA) is 78.1 Å². The van der Waals surface area contributed by atoms with Crippen molar-refractivity contribution in [2.75, 3.05) is 18.6 Å². The Balaban J connectivity index is 1.32. The predicted octanol–water partition coefficient (Wildman–Crippen LogP) is 3.38. The van der Waals surface area contributed by atoms with Crippen molar-refractivity contribution in [2.45, 2.75) is 19.3 Å². The predicted molar refractivity (Wildman–Crippen MR) is 121 cm³/mol. The van der Waals surface area contributed by atoms with Crippen molar-refractivity contribution in [3.8, 4) is 5.88 Å². The van der Waals surface area contributed by atoms with E-state index in [1.165, 1.54) is 21.4 Å². The molecule has 0 aliphatic heterocycles. The van der Waals surface area contributed by atoms with E-state index >= 15 is 0 Å². The second-order valence-electron chi connectivity index (χ2n) is 8.05. The molecule has 0 unspecified atom stereocenters. The number of rotatable bonds is 6. The molecule has 1 fully saturated rings. The Bertz CT molecular complexity index is 1320. The van der Waals surface area contributed by atoms with Gasteiger partial charge in [-0.2, -0.15) is 5.10 Å². The maximum atomic E-state index is 12.6. The number of fused-ring (bicyclic) bond motifs is 1. The molecule has 0 radical (unpaired) electrons. The number of ether oxygens (including phenoxy) is 1. The quantitative estimate of drug-likeness (QED) is 0.461. The second-order valence-corrected chi connectivity index (χ2v) is 9.26. The van der Waals surface area contributed by atoms with Gasteiger partial charge in [0.25, 0.3) is 5.56 Å². The molecule has 8 nitrogen and oxygen atoms in total. The Labute approximate surface area is 183 Å². The highest BCUT2D eigenvalue weighted by molar-refractivity contribution is 7.15. The van der Waals surface area contributed by atoms with Crippen LogP contribution in [0.3, 0.4) is 0 Å². The zero-order chi connectivity index (χ0) is 21.7. The number of thiazole rings is 1. The fourth-order valence-electron chi connectivity index (χ4n) is 3.95. The van der Waals surface area contributed by atoms with E-state index in [9.17, 15) is 4.79 Å². The van der Waals surface area contributed by atoms with E-state index < -0.39 is 0 Å². The molecule has 1 saturated carbocycles. The lowest BCUT2D eigenvalue weighted by Gasteiger charge is -2.16. The lowest BCUT2D eigenvalue weighted by molar-refractivity contribution is 0.278. The van der Waals surface area contributed by atoms with Gasteiger partial charge in [-0.3, -0.25) is 9.48 Å². The summed E-state index contributed by atoms with van der Waals surface area (Å²) in [6, 6.07) is 10.0. The minimum atomic E-state index is -0.188. The molecular formula is C22H24N6O2S. The normalized spacial score (nSPS) is 17.8. The third-order valence-corrected chi connectivity index (χ3v) is 6.77. The number of nitrogens with zero attached hydrogens (tertiary/aromatic N) is 6. The Morgan fingerprint density at radius 2 is 2.03 bits per heavy atom. The number of anilines is 2. The third-order valence-electron chi connectivity index (χ3n) is 5.78.